The SMILES string of the molecule is Cc1ccc(Br)cc1NC(=O)c1ccoc1Br. The van der Waals surface area contributed by atoms with Crippen LogP contribution in [0.1, 0.15) is 15.9 Å². The van der Waals surface area contributed by atoms with Gasteiger partial charge >= 0.3 is 0 Å². The molecule has 3 nitrogen and oxygen atoms in total. The maximum Gasteiger partial charge on any atom is 0.260 e. The van der Waals surface area contributed by atoms with Gasteiger partial charge in [-0.1, -0.05) is 22.0 Å². The molecule has 0 bridgehead atoms. The second-order valence-corrected chi connectivity index (χ2v) is 5.16. The summed E-state index contributed by atoms with van der Waals surface area (Å²) in [7, 11) is 0. The Labute approximate surface area is 115 Å². The lowest BCUT2D eigenvalue weighted by atomic mass is 10.2. The van der Waals surface area contributed by atoms with Crippen molar-refractivity contribution in [2.45, 2.75) is 6.92 Å². The van der Waals surface area contributed by atoms with Crippen LogP contribution in [0.15, 0.2) is 44.1 Å². The fourth-order valence-corrected chi connectivity index (χ4v) is 2.16. The van der Waals surface area contributed by atoms with Gasteiger partial charge in [-0.05, 0) is 46.6 Å². The number of hydrogen-bond acceptors (Lipinski definition) is 2. The Balaban J connectivity index is 2.24. The van der Waals surface area contributed by atoms with Crippen LogP contribution in [-0.2, 0) is 0 Å². The molecule has 88 valence electrons. The highest BCUT2D eigenvalue weighted by Gasteiger charge is 2.13. The Bertz CT molecular complexity index is 563. The predicted molar refractivity (Wildman–Crippen MR) is 73.2 cm³/mol. The molecule has 0 fully saturated rings. The highest BCUT2D eigenvalue weighted by atomic mass is 79.9. The van der Waals surface area contributed by atoms with Gasteiger partial charge in [-0.25, -0.2) is 0 Å². The Kier molecular flexibility index (Phi) is 3.69. The molecule has 2 rings (SSSR count). The zero-order chi connectivity index (χ0) is 12.4. The maximum absolute atomic E-state index is 11.9. The summed E-state index contributed by atoms with van der Waals surface area (Å²) >= 11 is 6.55. The fourth-order valence-electron chi connectivity index (χ4n) is 1.37. The molecule has 0 aliphatic carbocycles. The van der Waals surface area contributed by atoms with Crippen molar-refractivity contribution in [3.05, 3.63) is 50.8 Å². The summed E-state index contributed by atoms with van der Waals surface area (Å²) in [6, 6.07) is 7.34. The number of anilines is 1. The van der Waals surface area contributed by atoms with Gasteiger partial charge in [-0.15, -0.1) is 0 Å². The van der Waals surface area contributed by atoms with Gasteiger partial charge in [0.05, 0.1) is 11.8 Å². The molecule has 0 saturated heterocycles. The number of amides is 1. The summed E-state index contributed by atoms with van der Waals surface area (Å²) < 4.78 is 6.38. The lowest BCUT2D eigenvalue weighted by Gasteiger charge is -2.07. The minimum atomic E-state index is -0.202. The number of hydrogen-bond donors (Lipinski definition) is 1. The second-order valence-electron chi connectivity index (χ2n) is 3.52. The average Bonchev–Trinajstić information content (AvgIpc) is 2.70. The first-order valence-electron chi connectivity index (χ1n) is 4.88. The molecule has 0 radical (unpaired) electrons. The Hall–Kier alpha value is -1.07. The van der Waals surface area contributed by atoms with Crippen molar-refractivity contribution >= 4 is 43.5 Å². The second kappa shape index (κ2) is 5.06. The van der Waals surface area contributed by atoms with Crippen molar-refractivity contribution in [1.29, 1.82) is 0 Å². The molecule has 0 unspecified atom stereocenters. The van der Waals surface area contributed by atoms with Crippen molar-refractivity contribution in [2.75, 3.05) is 5.32 Å². The van der Waals surface area contributed by atoms with Crippen LogP contribution in [0, 0.1) is 6.92 Å². The first-order chi connectivity index (χ1) is 8.08. The maximum atomic E-state index is 11.9. The van der Waals surface area contributed by atoms with Crippen LogP contribution < -0.4 is 5.32 Å². The van der Waals surface area contributed by atoms with E-state index in [0.29, 0.717) is 10.2 Å². The van der Waals surface area contributed by atoms with E-state index >= 15 is 0 Å². The Morgan fingerprint density at radius 2 is 2.06 bits per heavy atom. The molecule has 1 aromatic heterocycles. The number of carbonyl (C=O) groups excluding carboxylic acids is 1. The lowest BCUT2D eigenvalue weighted by Crippen LogP contribution is -2.12. The van der Waals surface area contributed by atoms with E-state index in [2.05, 4.69) is 37.2 Å². The van der Waals surface area contributed by atoms with Crippen LogP contribution in [0.3, 0.4) is 0 Å². The minimum absolute atomic E-state index is 0.202. The van der Waals surface area contributed by atoms with E-state index < -0.39 is 0 Å². The molecular weight excluding hydrogens is 350 g/mol. The lowest BCUT2D eigenvalue weighted by molar-refractivity contribution is 0.102. The number of aryl methyl sites for hydroxylation is 1. The van der Waals surface area contributed by atoms with Crippen LogP contribution in [0.5, 0.6) is 0 Å². The molecule has 1 aromatic carbocycles. The van der Waals surface area contributed by atoms with E-state index in [4.69, 9.17) is 4.42 Å². The summed E-state index contributed by atoms with van der Waals surface area (Å²) in [6.07, 6.45) is 1.47. The molecule has 0 aliphatic heterocycles. The Morgan fingerprint density at radius 3 is 2.71 bits per heavy atom. The molecule has 17 heavy (non-hydrogen) atoms. The van der Waals surface area contributed by atoms with E-state index in [1.165, 1.54) is 6.26 Å². The monoisotopic (exact) mass is 357 g/mol. The van der Waals surface area contributed by atoms with E-state index in [0.717, 1.165) is 15.7 Å². The van der Waals surface area contributed by atoms with Crippen molar-refractivity contribution in [3.8, 4) is 0 Å². The molecular formula is C12H9Br2NO2. The normalized spacial score (nSPS) is 10.3. The van der Waals surface area contributed by atoms with Crippen molar-refractivity contribution in [2.24, 2.45) is 0 Å². The van der Waals surface area contributed by atoms with Crippen LogP contribution in [0.25, 0.3) is 0 Å². The number of furan rings is 1. The van der Waals surface area contributed by atoms with Crippen LogP contribution in [-0.4, -0.2) is 5.91 Å². The van der Waals surface area contributed by atoms with Crippen LogP contribution in [0.4, 0.5) is 5.69 Å². The third-order valence-electron chi connectivity index (χ3n) is 2.31. The third-order valence-corrected chi connectivity index (χ3v) is 3.42. The van der Waals surface area contributed by atoms with Gasteiger partial charge in [0.1, 0.15) is 0 Å². The van der Waals surface area contributed by atoms with E-state index in [1.807, 2.05) is 25.1 Å². The summed E-state index contributed by atoms with van der Waals surface area (Å²) in [5, 5.41) is 2.84. The molecule has 0 saturated carbocycles. The van der Waals surface area contributed by atoms with E-state index in [-0.39, 0.29) is 5.91 Å². The molecule has 1 heterocycles. The topological polar surface area (TPSA) is 42.2 Å². The van der Waals surface area contributed by atoms with Gasteiger partial charge in [-0.3, -0.25) is 4.79 Å². The zero-order valence-corrected chi connectivity index (χ0v) is 12.1. The van der Waals surface area contributed by atoms with Gasteiger partial charge in [0.15, 0.2) is 4.67 Å². The summed E-state index contributed by atoms with van der Waals surface area (Å²) in [4.78, 5) is 11.9. The smallest absolute Gasteiger partial charge is 0.260 e. The first-order valence-corrected chi connectivity index (χ1v) is 6.47. The zero-order valence-electron chi connectivity index (χ0n) is 8.96. The van der Waals surface area contributed by atoms with Gasteiger partial charge in [0.25, 0.3) is 5.91 Å². The Morgan fingerprint density at radius 1 is 1.29 bits per heavy atom. The minimum Gasteiger partial charge on any atom is -0.457 e. The summed E-state index contributed by atoms with van der Waals surface area (Å²) in [6.45, 7) is 1.94. The van der Waals surface area contributed by atoms with Gasteiger partial charge < -0.3 is 9.73 Å². The van der Waals surface area contributed by atoms with Gasteiger partial charge in [0, 0.05) is 10.2 Å². The van der Waals surface area contributed by atoms with Crippen molar-refractivity contribution < 1.29 is 9.21 Å². The highest BCUT2D eigenvalue weighted by Crippen LogP contribution is 2.23. The molecule has 0 aliphatic rings. The molecule has 0 spiro atoms. The van der Waals surface area contributed by atoms with Gasteiger partial charge in [-0.2, -0.15) is 0 Å². The van der Waals surface area contributed by atoms with Crippen molar-refractivity contribution in [1.82, 2.24) is 0 Å². The first kappa shape index (κ1) is 12.4. The molecule has 1 N–H and O–H groups in total. The standard InChI is InChI=1S/C12H9Br2NO2/c1-7-2-3-8(13)6-10(7)15-12(16)9-4-5-17-11(9)14/h2-6H,1H3,(H,15,16). The number of benzene rings is 1. The molecule has 0 atom stereocenters. The molecule has 5 heteroatoms. The fraction of sp³-hybridized carbons (Fsp3) is 0.0833. The van der Waals surface area contributed by atoms with Gasteiger partial charge in [0.2, 0.25) is 0 Å². The van der Waals surface area contributed by atoms with E-state index in [9.17, 15) is 4.79 Å². The van der Waals surface area contributed by atoms with Crippen LogP contribution in [0.2, 0.25) is 0 Å². The highest BCUT2D eigenvalue weighted by molar-refractivity contribution is 9.10. The predicted octanol–water partition coefficient (Wildman–Crippen LogP) is 4.37. The largest absolute Gasteiger partial charge is 0.457 e. The molecule has 2 aromatic rings. The average molecular weight is 359 g/mol. The summed E-state index contributed by atoms with van der Waals surface area (Å²) in [5.74, 6) is -0.202. The third kappa shape index (κ3) is 2.79. The quantitative estimate of drug-likeness (QED) is 0.866. The van der Waals surface area contributed by atoms with E-state index in [1.54, 1.807) is 6.07 Å². The van der Waals surface area contributed by atoms with Crippen molar-refractivity contribution in [3.63, 3.8) is 0 Å². The summed E-state index contributed by atoms with van der Waals surface area (Å²) in [5.41, 5.74) is 2.25. The number of halogens is 2. The number of rotatable bonds is 2. The number of nitrogens with one attached hydrogen (secondary N) is 1. The number of carbonyl (C=O) groups is 1. The van der Waals surface area contributed by atoms with Crippen LogP contribution >= 0.6 is 31.9 Å². The molecule has 1 amide bonds.